The zero-order valence-electron chi connectivity index (χ0n) is 21.9. The van der Waals surface area contributed by atoms with E-state index < -0.39 is 25.0 Å². The van der Waals surface area contributed by atoms with E-state index in [1.165, 1.54) is 0 Å². The maximum atomic E-state index is 12.9. The topological polar surface area (TPSA) is 54.0 Å². The molecular formula is C25H40O5Si3. The minimum Gasteiger partial charge on any atom is -0.544 e. The van der Waals surface area contributed by atoms with Gasteiger partial charge in [0.15, 0.2) is 5.78 Å². The van der Waals surface area contributed by atoms with E-state index in [4.69, 9.17) is 18.0 Å². The predicted molar refractivity (Wildman–Crippen MR) is 144 cm³/mol. The van der Waals surface area contributed by atoms with Crippen molar-refractivity contribution < 1.29 is 22.8 Å². The number of ether oxygens (including phenoxy) is 1. The Morgan fingerprint density at radius 2 is 1.15 bits per heavy atom. The average molecular weight is 505 g/mol. The second kappa shape index (κ2) is 10.5. The number of carbonyl (C=O) groups excluding carboxylic acids is 1. The van der Waals surface area contributed by atoms with Gasteiger partial charge in [-0.3, -0.25) is 4.79 Å². The zero-order valence-corrected chi connectivity index (χ0v) is 24.9. The lowest BCUT2D eigenvalue weighted by Crippen LogP contribution is -2.32. The Labute approximate surface area is 202 Å². The molecular weight excluding hydrogens is 465 g/mol. The molecule has 0 aliphatic heterocycles. The molecule has 0 amide bonds. The summed E-state index contributed by atoms with van der Waals surface area (Å²) in [5.41, 5.74) is 1.62. The van der Waals surface area contributed by atoms with E-state index in [1.54, 1.807) is 7.11 Å². The lowest BCUT2D eigenvalue weighted by atomic mass is 10.0. The smallest absolute Gasteiger partial charge is 0.242 e. The van der Waals surface area contributed by atoms with Crippen LogP contribution in [0.15, 0.2) is 36.4 Å². The van der Waals surface area contributed by atoms with Crippen molar-refractivity contribution in [3.63, 3.8) is 0 Å². The first kappa shape index (κ1) is 27.2. The normalized spacial score (nSPS) is 12.3. The molecule has 0 unspecified atom stereocenters. The van der Waals surface area contributed by atoms with E-state index in [0.717, 1.165) is 28.6 Å². The van der Waals surface area contributed by atoms with Crippen LogP contribution in [0.5, 0.6) is 23.0 Å². The highest BCUT2D eigenvalue weighted by Gasteiger charge is 2.26. The summed E-state index contributed by atoms with van der Waals surface area (Å²) in [6.45, 7) is 19.4. The van der Waals surface area contributed by atoms with Crippen LogP contribution in [0, 0.1) is 0 Å². The first-order valence-corrected chi connectivity index (χ1v) is 21.7. The number of benzene rings is 2. The van der Waals surface area contributed by atoms with E-state index in [2.05, 4.69) is 58.9 Å². The maximum absolute atomic E-state index is 12.9. The third-order valence-corrected chi connectivity index (χ3v) is 6.92. The molecule has 0 aliphatic rings. The summed E-state index contributed by atoms with van der Waals surface area (Å²) in [5, 5.41) is 0. The monoisotopic (exact) mass is 504 g/mol. The molecule has 182 valence electrons. The SMILES string of the molecule is COc1ccc(C(=O)CCc2c(O[Si](C)(C)C)cc(O[Si](C)(C)C)cc2O[Si](C)(C)C)cc1. The second-order valence-electron chi connectivity index (χ2n) is 11.2. The average Bonchev–Trinajstić information content (AvgIpc) is 2.63. The summed E-state index contributed by atoms with van der Waals surface area (Å²) in [5.74, 6) is 3.15. The summed E-state index contributed by atoms with van der Waals surface area (Å²) in [4.78, 5) is 12.9. The molecule has 0 spiro atoms. The van der Waals surface area contributed by atoms with Crippen LogP contribution in [0.2, 0.25) is 58.9 Å². The molecule has 0 atom stereocenters. The molecule has 2 aromatic rings. The van der Waals surface area contributed by atoms with Crippen LogP contribution >= 0.6 is 0 Å². The molecule has 8 heteroatoms. The van der Waals surface area contributed by atoms with Crippen molar-refractivity contribution in [3.8, 4) is 23.0 Å². The number of hydrogen-bond donors (Lipinski definition) is 0. The van der Waals surface area contributed by atoms with E-state index in [1.807, 2.05) is 36.4 Å². The molecule has 0 N–H and O–H groups in total. The van der Waals surface area contributed by atoms with E-state index in [9.17, 15) is 4.79 Å². The van der Waals surface area contributed by atoms with Gasteiger partial charge in [-0.15, -0.1) is 0 Å². The minimum absolute atomic E-state index is 0.0815. The molecule has 33 heavy (non-hydrogen) atoms. The van der Waals surface area contributed by atoms with Crippen LogP contribution in [0.4, 0.5) is 0 Å². The number of carbonyl (C=O) groups is 1. The van der Waals surface area contributed by atoms with Crippen LogP contribution < -0.4 is 18.0 Å². The molecule has 0 saturated carbocycles. The van der Waals surface area contributed by atoms with Gasteiger partial charge in [-0.1, -0.05) is 0 Å². The molecule has 2 aromatic carbocycles. The van der Waals surface area contributed by atoms with E-state index in [-0.39, 0.29) is 5.78 Å². The van der Waals surface area contributed by atoms with Crippen molar-refractivity contribution in [2.24, 2.45) is 0 Å². The summed E-state index contributed by atoms with van der Waals surface area (Å²) in [6.07, 6.45) is 0.905. The van der Waals surface area contributed by atoms with Gasteiger partial charge >= 0.3 is 0 Å². The zero-order chi connectivity index (χ0) is 25.0. The highest BCUT2D eigenvalue weighted by molar-refractivity contribution is 6.71. The van der Waals surface area contributed by atoms with Gasteiger partial charge in [-0.25, -0.2) is 0 Å². The van der Waals surface area contributed by atoms with Crippen molar-refractivity contribution in [1.29, 1.82) is 0 Å². The van der Waals surface area contributed by atoms with Crippen LogP contribution in [0.3, 0.4) is 0 Å². The van der Waals surface area contributed by atoms with Gasteiger partial charge < -0.3 is 18.0 Å². The third kappa shape index (κ3) is 9.38. The van der Waals surface area contributed by atoms with Crippen LogP contribution in [0.25, 0.3) is 0 Å². The summed E-state index contributed by atoms with van der Waals surface area (Å²) in [6, 6.07) is 11.2. The highest BCUT2D eigenvalue weighted by atomic mass is 28.4. The van der Waals surface area contributed by atoms with Gasteiger partial charge in [0.05, 0.1) is 7.11 Å². The van der Waals surface area contributed by atoms with E-state index >= 15 is 0 Å². The molecule has 0 fully saturated rings. The van der Waals surface area contributed by atoms with Crippen LogP contribution in [-0.4, -0.2) is 37.8 Å². The Bertz CT molecular complexity index is 915. The predicted octanol–water partition coefficient (Wildman–Crippen LogP) is 7.15. The standard InChI is InChI=1S/C25H40O5Si3/c1-27-20-13-11-19(12-14-20)23(26)16-15-22-24(29-32(5,6)7)17-21(28-31(2,3)4)18-25(22)30-33(8,9)10/h11-14,17-18H,15-16H2,1-10H3. The Hall–Kier alpha value is -2.04. The number of methoxy groups -OCH3 is 1. The van der Waals surface area contributed by atoms with Gasteiger partial charge in [0.25, 0.3) is 0 Å². The fraction of sp³-hybridized carbons (Fsp3) is 0.480. The highest BCUT2D eigenvalue weighted by Crippen LogP contribution is 2.39. The second-order valence-corrected chi connectivity index (χ2v) is 24.5. The third-order valence-electron chi connectivity index (χ3n) is 4.41. The van der Waals surface area contributed by atoms with Crippen molar-refractivity contribution in [3.05, 3.63) is 47.5 Å². The molecule has 0 saturated heterocycles. The Morgan fingerprint density at radius 1 is 0.697 bits per heavy atom. The molecule has 0 aromatic heterocycles. The first-order chi connectivity index (χ1) is 15.1. The van der Waals surface area contributed by atoms with E-state index in [0.29, 0.717) is 18.4 Å². The number of hydrogen-bond acceptors (Lipinski definition) is 5. The lowest BCUT2D eigenvalue weighted by Gasteiger charge is -2.28. The van der Waals surface area contributed by atoms with Crippen LogP contribution in [0.1, 0.15) is 22.3 Å². The quantitative estimate of drug-likeness (QED) is 0.240. The molecule has 2 rings (SSSR count). The molecule has 0 radical (unpaired) electrons. The maximum Gasteiger partial charge on any atom is 0.242 e. The number of rotatable bonds is 11. The first-order valence-electron chi connectivity index (χ1n) is 11.5. The van der Waals surface area contributed by atoms with Gasteiger partial charge in [0.2, 0.25) is 25.0 Å². The Morgan fingerprint density at radius 3 is 1.55 bits per heavy atom. The fourth-order valence-corrected chi connectivity index (χ4v) is 5.76. The van der Waals surface area contributed by atoms with Crippen LogP contribution in [-0.2, 0) is 6.42 Å². The summed E-state index contributed by atoms with van der Waals surface area (Å²) in [7, 11) is -4.02. The molecule has 0 bridgehead atoms. The number of Topliss-reactive ketones (excluding diaryl/α,β-unsaturated/α-hetero) is 1. The summed E-state index contributed by atoms with van der Waals surface area (Å²) < 4.78 is 24.5. The van der Waals surface area contributed by atoms with Gasteiger partial charge in [0, 0.05) is 29.7 Å². The fourth-order valence-electron chi connectivity index (χ4n) is 3.26. The molecule has 0 heterocycles. The van der Waals surface area contributed by atoms with Crippen molar-refractivity contribution in [2.75, 3.05) is 7.11 Å². The van der Waals surface area contributed by atoms with Gasteiger partial charge in [-0.2, -0.15) is 0 Å². The molecule has 5 nitrogen and oxygen atoms in total. The van der Waals surface area contributed by atoms with Crippen molar-refractivity contribution in [1.82, 2.24) is 0 Å². The van der Waals surface area contributed by atoms with Crippen molar-refractivity contribution in [2.45, 2.75) is 71.8 Å². The lowest BCUT2D eigenvalue weighted by molar-refractivity contribution is 0.0982. The molecule has 0 aliphatic carbocycles. The van der Waals surface area contributed by atoms with Crippen molar-refractivity contribution >= 4 is 30.7 Å². The Balaban J connectivity index is 2.45. The number of ketones is 1. The minimum atomic E-state index is -1.91. The van der Waals surface area contributed by atoms with Gasteiger partial charge in [-0.05, 0) is 89.6 Å². The summed E-state index contributed by atoms with van der Waals surface area (Å²) >= 11 is 0. The van der Waals surface area contributed by atoms with Gasteiger partial charge in [0.1, 0.15) is 23.0 Å². The largest absolute Gasteiger partial charge is 0.544 e. The Kier molecular flexibility index (Phi) is 8.64.